The molecule has 1 heterocycles. The van der Waals surface area contributed by atoms with Crippen molar-refractivity contribution < 1.29 is 0 Å². The van der Waals surface area contributed by atoms with Gasteiger partial charge in [-0.05, 0) is 24.3 Å². The van der Waals surface area contributed by atoms with E-state index in [1.807, 2.05) is 18.2 Å². The van der Waals surface area contributed by atoms with Crippen LogP contribution in [0.25, 0.3) is 22.3 Å². The summed E-state index contributed by atoms with van der Waals surface area (Å²) in [5.41, 5.74) is 1.87. The maximum Gasteiger partial charge on any atom is 0.257 e. The van der Waals surface area contributed by atoms with E-state index in [-0.39, 0.29) is 5.56 Å². The van der Waals surface area contributed by atoms with Crippen LogP contribution in [0.5, 0.6) is 0 Å². The first-order chi connectivity index (χ1) is 7.74. The van der Waals surface area contributed by atoms with Crippen LogP contribution in [0.15, 0.2) is 41.2 Å². The van der Waals surface area contributed by atoms with Crippen LogP contribution in [0.3, 0.4) is 0 Å². The van der Waals surface area contributed by atoms with E-state index in [2.05, 4.69) is 9.97 Å². The van der Waals surface area contributed by atoms with Crippen molar-refractivity contribution in [2.75, 3.05) is 0 Å². The van der Waals surface area contributed by atoms with E-state index < -0.39 is 0 Å². The minimum Gasteiger partial charge on any atom is -0.320 e. The Morgan fingerprint density at radius 1 is 1.19 bits per heavy atom. The van der Waals surface area contributed by atoms with Crippen LogP contribution in [0, 0.1) is 0 Å². The van der Waals surface area contributed by atoms with E-state index in [1.165, 1.54) is 0 Å². The van der Waals surface area contributed by atoms with Gasteiger partial charge in [0.25, 0.3) is 5.56 Å². The van der Waals surface area contributed by atoms with Crippen LogP contribution in [-0.4, -0.2) is 9.97 Å². The number of nitrogens with zero attached hydrogens (tertiary/aromatic N) is 1. The largest absolute Gasteiger partial charge is 0.320 e. The van der Waals surface area contributed by atoms with Crippen LogP contribution in [0.4, 0.5) is 0 Å². The van der Waals surface area contributed by atoms with Gasteiger partial charge in [0.2, 0.25) is 0 Å². The summed E-state index contributed by atoms with van der Waals surface area (Å²) < 4.78 is 0. The molecule has 0 bridgehead atoms. The maximum absolute atomic E-state index is 11.9. The van der Waals surface area contributed by atoms with E-state index in [0.717, 1.165) is 0 Å². The lowest BCUT2D eigenvalue weighted by Gasteiger charge is -1.88. The average Bonchev–Trinajstić information content (AvgIpc) is 2.53. The van der Waals surface area contributed by atoms with Crippen LogP contribution >= 0.6 is 11.6 Å². The van der Waals surface area contributed by atoms with Gasteiger partial charge in [-0.3, -0.25) is 4.79 Å². The van der Waals surface area contributed by atoms with Gasteiger partial charge in [0.05, 0.1) is 22.3 Å². The SMILES string of the molecule is O=c1[nH]c2cc(Cl)cc-2nc2ccccc12. The van der Waals surface area contributed by atoms with E-state index in [9.17, 15) is 4.79 Å². The molecule has 3 nitrogen and oxygen atoms in total. The van der Waals surface area contributed by atoms with Gasteiger partial charge in [0.1, 0.15) is 0 Å². The molecule has 0 saturated heterocycles. The Balaban J connectivity index is 2.55. The van der Waals surface area contributed by atoms with Gasteiger partial charge in [0.15, 0.2) is 0 Å². The second kappa shape index (κ2) is 3.32. The summed E-state index contributed by atoms with van der Waals surface area (Å²) in [6.45, 7) is 0. The Morgan fingerprint density at radius 3 is 2.88 bits per heavy atom. The number of rotatable bonds is 0. The molecule has 1 aliphatic carbocycles. The Morgan fingerprint density at radius 2 is 2.00 bits per heavy atom. The highest BCUT2D eigenvalue weighted by Crippen LogP contribution is 2.24. The van der Waals surface area contributed by atoms with Crippen molar-refractivity contribution in [2.24, 2.45) is 0 Å². The first-order valence-electron chi connectivity index (χ1n) is 4.82. The number of halogens is 1. The molecule has 78 valence electrons. The molecule has 0 amide bonds. The molecule has 1 aromatic carbocycles. The minimum atomic E-state index is -0.152. The number of hydrogen-bond acceptors (Lipinski definition) is 2. The lowest BCUT2D eigenvalue weighted by molar-refractivity contribution is 1.29. The Labute approximate surface area is 96.1 Å². The van der Waals surface area contributed by atoms with Crippen molar-refractivity contribution >= 4 is 22.5 Å². The smallest absolute Gasteiger partial charge is 0.257 e. The average molecular weight is 231 g/mol. The fourth-order valence-corrected chi connectivity index (χ4v) is 1.95. The maximum atomic E-state index is 11.9. The Bertz CT molecular complexity index is 705. The van der Waals surface area contributed by atoms with E-state index in [1.54, 1.807) is 18.2 Å². The minimum absolute atomic E-state index is 0.152. The molecule has 3 rings (SSSR count). The molecule has 1 aliphatic heterocycles. The molecule has 0 radical (unpaired) electrons. The molecule has 1 N–H and O–H groups in total. The molecule has 0 fully saturated rings. The lowest BCUT2D eigenvalue weighted by Crippen LogP contribution is -2.01. The lowest BCUT2D eigenvalue weighted by atomic mass is 10.2. The second-order valence-electron chi connectivity index (χ2n) is 3.56. The van der Waals surface area contributed by atoms with Gasteiger partial charge >= 0.3 is 0 Å². The van der Waals surface area contributed by atoms with Crippen LogP contribution < -0.4 is 5.56 Å². The number of para-hydroxylation sites is 1. The van der Waals surface area contributed by atoms with Crippen molar-refractivity contribution in [3.63, 3.8) is 0 Å². The summed E-state index contributed by atoms with van der Waals surface area (Å²) in [6, 6.07) is 10.7. The van der Waals surface area contributed by atoms with Gasteiger partial charge in [-0.1, -0.05) is 23.7 Å². The number of hydrogen-bond donors (Lipinski definition) is 1. The van der Waals surface area contributed by atoms with Crippen LogP contribution in [0.1, 0.15) is 0 Å². The highest BCUT2D eigenvalue weighted by Gasteiger charge is 2.08. The van der Waals surface area contributed by atoms with E-state index in [0.29, 0.717) is 27.3 Å². The number of aromatic amines is 1. The third-order valence-electron chi connectivity index (χ3n) is 2.47. The van der Waals surface area contributed by atoms with E-state index >= 15 is 0 Å². The number of fused-ring (bicyclic) bond motifs is 2. The molecule has 2 aliphatic rings. The van der Waals surface area contributed by atoms with Crippen molar-refractivity contribution in [1.29, 1.82) is 0 Å². The van der Waals surface area contributed by atoms with Crippen molar-refractivity contribution in [3.05, 3.63) is 51.8 Å². The first-order valence-corrected chi connectivity index (χ1v) is 5.20. The zero-order valence-corrected chi connectivity index (χ0v) is 8.95. The molecule has 0 atom stereocenters. The van der Waals surface area contributed by atoms with Gasteiger partial charge in [-0.2, -0.15) is 0 Å². The third-order valence-corrected chi connectivity index (χ3v) is 2.69. The molecule has 0 aromatic heterocycles. The van der Waals surface area contributed by atoms with Gasteiger partial charge in [-0.15, -0.1) is 0 Å². The zero-order valence-electron chi connectivity index (χ0n) is 8.20. The predicted octanol–water partition coefficient (Wildman–Crippen LogP) is 2.68. The van der Waals surface area contributed by atoms with Crippen LogP contribution in [-0.2, 0) is 0 Å². The predicted molar refractivity (Wildman–Crippen MR) is 64.0 cm³/mol. The molecule has 0 saturated carbocycles. The summed E-state index contributed by atoms with van der Waals surface area (Å²) in [7, 11) is 0. The summed E-state index contributed by atoms with van der Waals surface area (Å²) in [4.78, 5) is 19.1. The summed E-state index contributed by atoms with van der Waals surface area (Å²) >= 11 is 5.87. The quantitative estimate of drug-likeness (QED) is 0.645. The molecule has 16 heavy (non-hydrogen) atoms. The second-order valence-corrected chi connectivity index (χ2v) is 3.99. The number of nitrogens with one attached hydrogen (secondary N) is 1. The summed E-state index contributed by atoms with van der Waals surface area (Å²) in [5, 5.41) is 1.16. The topological polar surface area (TPSA) is 45.8 Å². The first kappa shape index (κ1) is 9.36. The van der Waals surface area contributed by atoms with Crippen molar-refractivity contribution in [1.82, 2.24) is 9.97 Å². The Hall–Kier alpha value is -1.87. The monoisotopic (exact) mass is 230 g/mol. The van der Waals surface area contributed by atoms with Crippen LogP contribution in [0.2, 0.25) is 5.02 Å². The van der Waals surface area contributed by atoms with E-state index in [4.69, 9.17) is 11.6 Å². The summed E-state index contributed by atoms with van der Waals surface area (Å²) in [6.07, 6.45) is 0. The standard InChI is InChI=1S/C12H7ClN2O/c13-7-5-10-11(6-7)15-12(16)8-3-1-2-4-9(8)14-10/h1-6H,(H,15,16). The zero-order chi connectivity index (χ0) is 11.1. The highest BCUT2D eigenvalue weighted by molar-refractivity contribution is 6.31. The molecule has 4 heteroatoms. The molecular weight excluding hydrogens is 224 g/mol. The number of benzene rings is 1. The molecule has 0 unspecified atom stereocenters. The van der Waals surface area contributed by atoms with Gasteiger partial charge < -0.3 is 4.98 Å². The normalized spacial score (nSPS) is 11.1. The van der Waals surface area contributed by atoms with Gasteiger partial charge in [-0.25, -0.2) is 4.98 Å². The number of aromatic nitrogens is 2. The fraction of sp³-hybridized carbons (Fsp3) is 0. The third kappa shape index (κ3) is 1.37. The summed E-state index contributed by atoms with van der Waals surface area (Å²) in [5.74, 6) is 0. The Kier molecular flexibility index (Phi) is 1.94. The molecule has 0 spiro atoms. The fourth-order valence-electron chi connectivity index (χ4n) is 1.74. The van der Waals surface area contributed by atoms with Crippen molar-refractivity contribution in [2.45, 2.75) is 0 Å². The molecular formula is C12H7ClN2O. The molecule has 1 aromatic rings. The highest BCUT2D eigenvalue weighted by atomic mass is 35.5. The number of H-pyrrole nitrogens is 1. The van der Waals surface area contributed by atoms with Crippen molar-refractivity contribution in [3.8, 4) is 11.4 Å². The van der Waals surface area contributed by atoms with Gasteiger partial charge in [0, 0.05) is 5.02 Å².